The molecule has 88 valence electrons. The molecule has 0 unspecified atom stereocenters. The second-order valence-electron chi connectivity index (χ2n) is 5.41. The van der Waals surface area contributed by atoms with Crippen molar-refractivity contribution >= 4 is 0 Å². The number of nitrogens with one attached hydrogen (secondary N) is 1. The normalized spacial score (nSPS) is 27.7. The average molecular weight is 214 g/mol. The maximum Gasteiger partial charge on any atom is 0.229 e. The van der Waals surface area contributed by atoms with Gasteiger partial charge in [-0.2, -0.15) is 0 Å². The smallest absolute Gasteiger partial charge is 0.229 e. The van der Waals surface area contributed by atoms with Gasteiger partial charge in [0.05, 0.1) is 6.54 Å². The molecule has 0 atom stereocenters. The number of hydrogen-bond acceptors (Lipinski definition) is 3. The number of hydrogen-bond donors (Lipinski definition) is 1. The van der Waals surface area contributed by atoms with E-state index in [0.717, 1.165) is 18.8 Å². The highest BCUT2D eigenvalue weighted by Gasteiger charge is 2.31. The Bertz CT molecular complexity index is 221. The lowest BCUT2D eigenvalue weighted by atomic mass is 9.87. The molecule has 0 bridgehead atoms. The quantitative estimate of drug-likeness (QED) is 0.576. The Morgan fingerprint density at radius 3 is 2.33 bits per heavy atom. The van der Waals surface area contributed by atoms with Crippen LogP contribution >= 0.6 is 0 Å². The van der Waals surface area contributed by atoms with E-state index < -0.39 is 5.54 Å². The van der Waals surface area contributed by atoms with E-state index in [1.54, 1.807) is 13.8 Å². The predicted molar refractivity (Wildman–Crippen MR) is 60.5 cm³/mol. The van der Waals surface area contributed by atoms with Crippen molar-refractivity contribution in [1.82, 2.24) is 5.32 Å². The van der Waals surface area contributed by atoms with Gasteiger partial charge in [0.2, 0.25) is 5.54 Å². The molecule has 4 nitrogen and oxygen atoms in total. The molecular weight excluding hydrogens is 192 g/mol. The van der Waals surface area contributed by atoms with Crippen molar-refractivity contribution < 1.29 is 4.92 Å². The molecule has 0 heterocycles. The minimum Gasteiger partial charge on any atom is -0.307 e. The molecule has 0 aromatic carbocycles. The van der Waals surface area contributed by atoms with Crippen LogP contribution < -0.4 is 5.32 Å². The zero-order valence-electron chi connectivity index (χ0n) is 9.95. The van der Waals surface area contributed by atoms with Crippen LogP contribution in [0.2, 0.25) is 0 Å². The summed E-state index contributed by atoms with van der Waals surface area (Å²) in [5.41, 5.74) is -0.844. The van der Waals surface area contributed by atoms with Gasteiger partial charge in [-0.3, -0.25) is 10.1 Å². The SMILES string of the molecule is CC1CCC(NCC(C)(C)[N+](=O)[O-])CC1. The number of nitro groups is 1. The number of nitrogens with zero attached hydrogens (tertiary/aromatic N) is 1. The van der Waals surface area contributed by atoms with Crippen molar-refractivity contribution in [1.29, 1.82) is 0 Å². The third kappa shape index (κ3) is 3.78. The maximum atomic E-state index is 10.7. The van der Waals surface area contributed by atoms with E-state index in [-0.39, 0.29) is 4.92 Å². The van der Waals surface area contributed by atoms with Crippen molar-refractivity contribution in [2.24, 2.45) is 5.92 Å². The highest BCUT2D eigenvalue weighted by atomic mass is 16.6. The van der Waals surface area contributed by atoms with E-state index in [1.807, 2.05) is 0 Å². The molecule has 4 heteroatoms. The lowest BCUT2D eigenvalue weighted by molar-refractivity contribution is -0.558. The monoisotopic (exact) mass is 214 g/mol. The van der Waals surface area contributed by atoms with E-state index in [9.17, 15) is 10.1 Å². The van der Waals surface area contributed by atoms with Crippen LogP contribution in [-0.4, -0.2) is 23.0 Å². The van der Waals surface area contributed by atoms with E-state index in [4.69, 9.17) is 0 Å². The first-order chi connectivity index (χ1) is 6.92. The Kier molecular flexibility index (Phi) is 4.08. The molecule has 0 spiro atoms. The van der Waals surface area contributed by atoms with Gasteiger partial charge in [-0.25, -0.2) is 0 Å². The molecule has 1 fully saturated rings. The summed E-state index contributed by atoms with van der Waals surface area (Å²) in [4.78, 5) is 10.5. The average Bonchev–Trinajstić information content (AvgIpc) is 2.17. The second kappa shape index (κ2) is 4.92. The van der Waals surface area contributed by atoms with Gasteiger partial charge in [-0.15, -0.1) is 0 Å². The standard InChI is InChI=1S/C11H22N2O2/c1-9-4-6-10(7-5-9)12-8-11(2,3)13(14)15/h9-10,12H,4-8H2,1-3H3. The number of rotatable bonds is 4. The molecule has 1 aliphatic carbocycles. The minimum atomic E-state index is -0.844. The molecule has 0 radical (unpaired) electrons. The van der Waals surface area contributed by atoms with Gasteiger partial charge < -0.3 is 5.32 Å². The molecule has 1 saturated carbocycles. The topological polar surface area (TPSA) is 55.2 Å². The fraction of sp³-hybridized carbons (Fsp3) is 1.00. The molecule has 15 heavy (non-hydrogen) atoms. The van der Waals surface area contributed by atoms with Crippen LogP contribution in [0.15, 0.2) is 0 Å². The van der Waals surface area contributed by atoms with E-state index in [2.05, 4.69) is 12.2 Å². The second-order valence-corrected chi connectivity index (χ2v) is 5.41. The lowest BCUT2D eigenvalue weighted by Gasteiger charge is -2.28. The summed E-state index contributed by atoms with van der Waals surface area (Å²) >= 11 is 0. The van der Waals surface area contributed by atoms with Crippen molar-refractivity contribution in [2.45, 2.75) is 58.0 Å². The highest BCUT2D eigenvalue weighted by Crippen LogP contribution is 2.23. The minimum absolute atomic E-state index is 0.203. The predicted octanol–water partition coefficient (Wildman–Crippen LogP) is 2.21. The van der Waals surface area contributed by atoms with Crippen molar-refractivity contribution in [2.75, 3.05) is 6.54 Å². The molecular formula is C11H22N2O2. The van der Waals surface area contributed by atoms with Crippen LogP contribution in [0.3, 0.4) is 0 Å². The van der Waals surface area contributed by atoms with Crippen LogP contribution in [0, 0.1) is 16.0 Å². The molecule has 0 aliphatic heterocycles. The first-order valence-corrected chi connectivity index (χ1v) is 5.79. The zero-order chi connectivity index (χ0) is 11.5. The fourth-order valence-electron chi connectivity index (χ4n) is 1.92. The molecule has 0 aromatic rings. The van der Waals surface area contributed by atoms with Crippen LogP contribution in [0.25, 0.3) is 0 Å². The van der Waals surface area contributed by atoms with Gasteiger partial charge >= 0.3 is 0 Å². The largest absolute Gasteiger partial charge is 0.307 e. The highest BCUT2D eigenvalue weighted by molar-refractivity contribution is 4.79. The van der Waals surface area contributed by atoms with Crippen LogP contribution in [-0.2, 0) is 0 Å². The van der Waals surface area contributed by atoms with Gasteiger partial charge in [-0.1, -0.05) is 6.92 Å². The van der Waals surface area contributed by atoms with Gasteiger partial charge in [-0.05, 0) is 31.6 Å². The summed E-state index contributed by atoms with van der Waals surface area (Å²) < 4.78 is 0. The summed E-state index contributed by atoms with van der Waals surface area (Å²) in [7, 11) is 0. The van der Waals surface area contributed by atoms with Gasteiger partial charge in [0.15, 0.2) is 0 Å². The third-order valence-corrected chi connectivity index (χ3v) is 3.33. The maximum absolute atomic E-state index is 10.7. The summed E-state index contributed by atoms with van der Waals surface area (Å²) in [5, 5.41) is 14.0. The Morgan fingerprint density at radius 2 is 1.87 bits per heavy atom. The van der Waals surface area contributed by atoms with Crippen LogP contribution in [0.4, 0.5) is 0 Å². The van der Waals surface area contributed by atoms with Crippen molar-refractivity contribution in [3.05, 3.63) is 10.1 Å². The summed E-state index contributed by atoms with van der Waals surface area (Å²) in [6, 6.07) is 0.487. The zero-order valence-corrected chi connectivity index (χ0v) is 9.95. The molecule has 1 aliphatic rings. The fourth-order valence-corrected chi connectivity index (χ4v) is 1.92. The van der Waals surface area contributed by atoms with E-state index >= 15 is 0 Å². The first-order valence-electron chi connectivity index (χ1n) is 5.79. The first kappa shape index (κ1) is 12.4. The summed E-state index contributed by atoms with van der Waals surface area (Å²) in [5.74, 6) is 0.826. The molecule has 1 N–H and O–H groups in total. The third-order valence-electron chi connectivity index (χ3n) is 3.33. The van der Waals surface area contributed by atoms with E-state index in [0.29, 0.717) is 12.6 Å². The van der Waals surface area contributed by atoms with Gasteiger partial charge in [0.25, 0.3) is 0 Å². The van der Waals surface area contributed by atoms with Crippen molar-refractivity contribution in [3.63, 3.8) is 0 Å². The molecule has 1 rings (SSSR count). The Balaban J connectivity index is 2.28. The van der Waals surface area contributed by atoms with E-state index in [1.165, 1.54) is 12.8 Å². The van der Waals surface area contributed by atoms with Gasteiger partial charge in [0, 0.05) is 24.8 Å². The Hall–Kier alpha value is -0.640. The van der Waals surface area contributed by atoms with Crippen LogP contribution in [0.5, 0.6) is 0 Å². The molecule has 0 amide bonds. The van der Waals surface area contributed by atoms with Crippen LogP contribution in [0.1, 0.15) is 46.5 Å². The molecule has 0 aromatic heterocycles. The summed E-state index contributed by atoms with van der Waals surface area (Å²) in [6.45, 7) is 6.09. The van der Waals surface area contributed by atoms with Gasteiger partial charge in [0.1, 0.15) is 0 Å². The van der Waals surface area contributed by atoms with Crippen molar-refractivity contribution in [3.8, 4) is 0 Å². The molecule has 0 saturated heterocycles. The lowest BCUT2D eigenvalue weighted by Crippen LogP contribution is -2.46. The Morgan fingerprint density at radius 1 is 1.33 bits per heavy atom. The Labute approximate surface area is 91.6 Å². The summed E-state index contributed by atoms with van der Waals surface area (Å²) in [6.07, 6.45) is 4.82.